The number of hydrogen-bond donors (Lipinski definition) is 0. The van der Waals surface area contributed by atoms with Crippen LogP contribution in [0.3, 0.4) is 0 Å². The first-order valence-corrected chi connectivity index (χ1v) is 7.02. The molecule has 2 rings (SSSR count). The number of benzene rings is 1. The zero-order chi connectivity index (χ0) is 12.3. The second-order valence-corrected chi connectivity index (χ2v) is 6.17. The van der Waals surface area contributed by atoms with Crippen molar-refractivity contribution in [3.05, 3.63) is 43.0 Å². The van der Waals surface area contributed by atoms with Crippen molar-refractivity contribution in [2.24, 2.45) is 0 Å². The summed E-state index contributed by atoms with van der Waals surface area (Å²) in [4.78, 5) is 1.32. The fourth-order valence-corrected chi connectivity index (χ4v) is 3.85. The van der Waals surface area contributed by atoms with E-state index in [4.69, 9.17) is 4.74 Å². The molecule has 0 amide bonds. The molecule has 0 saturated carbocycles. The quantitative estimate of drug-likeness (QED) is 0.735. The highest BCUT2D eigenvalue weighted by Crippen LogP contribution is 2.43. The molecule has 0 bridgehead atoms. The SMILES string of the molecule is C=CC[C@@]1(C)O[C@H](C)C[C@@H]1Sc1ccccc1. The maximum absolute atomic E-state index is 6.08. The van der Waals surface area contributed by atoms with Crippen molar-refractivity contribution in [1.29, 1.82) is 0 Å². The highest BCUT2D eigenvalue weighted by atomic mass is 32.2. The van der Waals surface area contributed by atoms with Crippen molar-refractivity contribution in [1.82, 2.24) is 0 Å². The van der Waals surface area contributed by atoms with Gasteiger partial charge in [-0.25, -0.2) is 0 Å². The summed E-state index contributed by atoms with van der Waals surface area (Å²) in [5.41, 5.74) is -0.0678. The zero-order valence-electron chi connectivity index (χ0n) is 10.6. The minimum absolute atomic E-state index is 0.0678. The minimum atomic E-state index is -0.0678. The Labute approximate surface area is 108 Å². The van der Waals surface area contributed by atoms with Crippen LogP contribution in [0.25, 0.3) is 0 Å². The summed E-state index contributed by atoms with van der Waals surface area (Å²) in [6.07, 6.45) is 4.35. The molecule has 1 nitrogen and oxygen atoms in total. The van der Waals surface area contributed by atoms with Crippen LogP contribution in [0.1, 0.15) is 26.7 Å². The molecule has 1 saturated heterocycles. The van der Waals surface area contributed by atoms with Crippen LogP contribution in [-0.2, 0) is 4.74 Å². The van der Waals surface area contributed by atoms with Gasteiger partial charge in [0.05, 0.1) is 11.7 Å². The average Bonchev–Trinajstić information content (AvgIpc) is 2.55. The lowest BCUT2D eigenvalue weighted by molar-refractivity contribution is -0.0160. The molecule has 17 heavy (non-hydrogen) atoms. The molecular formula is C15H20OS. The third-order valence-corrected chi connectivity index (χ3v) is 4.79. The maximum Gasteiger partial charge on any atom is 0.0814 e. The first-order chi connectivity index (χ1) is 8.14. The maximum atomic E-state index is 6.08. The average molecular weight is 248 g/mol. The standard InChI is InChI=1S/C15H20OS/c1-4-10-15(3)14(11-12(2)16-15)17-13-8-6-5-7-9-13/h4-9,12,14H,1,10-11H2,2-3H3/t12-,14+,15-/m1/s1. The molecule has 0 radical (unpaired) electrons. The molecule has 3 atom stereocenters. The molecule has 0 aliphatic carbocycles. The summed E-state index contributed by atoms with van der Waals surface area (Å²) in [5.74, 6) is 0. The Morgan fingerprint density at radius 3 is 2.82 bits per heavy atom. The molecule has 1 fully saturated rings. The van der Waals surface area contributed by atoms with Crippen molar-refractivity contribution < 1.29 is 4.74 Å². The summed E-state index contributed by atoms with van der Waals surface area (Å²) in [6, 6.07) is 10.6. The molecule has 1 aromatic rings. The van der Waals surface area contributed by atoms with Gasteiger partial charge in [0.1, 0.15) is 0 Å². The van der Waals surface area contributed by atoms with Gasteiger partial charge in [-0.05, 0) is 38.8 Å². The summed E-state index contributed by atoms with van der Waals surface area (Å²) < 4.78 is 6.08. The first-order valence-electron chi connectivity index (χ1n) is 6.14. The van der Waals surface area contributed by atoms with Gasteiger partial charge in [0.25, 0.3) is 0 Å². The van der Waals surface area contributed by atoms with E-state index in [1.165, 1.54) is 4.90 Å². The van der Waals surface area contributed by atoms with Crippen molar-refractivity contribution >= 4 is 11.8 Å². The van der Waals surface area contributed by atoms with E-state index in [0.717, 1.165) is 12.8 Å². The Bertz CT molecular complexity index is 376. The Morgan fingerprint density at radius 2 is 2.18 bits per heavy atom. The fraction of sp³-hybridized carbons (Fsp3) is 0.467. The smallest absolute Gasteiger partial charge is 0.0814 e. The van der Waals surface area contributed by atoms with E-state index in [9.17, 15) is 0 Å². The van der Waals surface area contributed by atoms with Gasteiger partial charge in [0.2, 0.25) is 0 Å². The van der Waals surface area contributed by atoms with Gasteiger partial charge < -0.3 is 4.74 Å². The van der Waals surface area contributed by atoms with Gasteiger partial charge in [0.15, 0.2) is 0 Å². The minimum Gasteiger partial charge on any atom is -0.371 e. The van der Waals surface area contributed by atoms with Gasteiger partial charge in [0, 0.05) is 10.1 Å². The van der Waals surface area contributed by atoms with Gasteiger partial charge >= 0.3 is 0 Å². The first kappa shape index (κ1) is 12.7. The summed E-state index contributed by atoms with van der Waals surface area (Å²) in [7, 11) is 0. The predicted molar refractivity (Wildman–Crippen MR) is 74.5 cm³/mol. The molecule has 2 heteroatoms. The van der Waals surface area contributed by atoms with Crippen LogP contribution in [-0.4, -0.2) is 17.0 Å². The van der Waals surface area contributed by atoms with Crippen molar-refractivity contribution in [2.75, 3.05) is 0 Å². The summed E-state index contributed by atoms with van der Waals surface area (Å²) in [6.45, 7) is 8.21. The highest BCUT2D eigenvalue weighted by molar-refractivity contribution is 8.00. The Hall–Kier alpha value is -0.730. The van der Waals surface area contributed by atoms with Crippen molar-refractivity contribution in [3.63, 3.8) is 0 Å². The summed E-state index contributed by atoms with van der Waals surface area (Å²) >= 11 is 1.93. The van der Waals surface area contributed by atoms with E-state index in [1.54, 1.807) is 0 Å². The molecule has 0 aromatic heterocycles. The lowest BCUT2D eigenvalue weighted by Gasteiger charge is -2.29. The van der Waals surface area contributed by atoms with E-state index in [2.05, 4.69) is 50.8 Å². The van der Waals surface area contributed by atoms with Crippen LogP contribution in [0.5, 0.6) is 0 Å². The third-order valence-electron chi connectivity index (χ3n) is 3.27. The fourth-order valence-electron chi connectivity index (χ4n) is 2.44. The molecule has 92 valence electrons. The van der Waals surface area contributed by atoms with Gasteiger partial charge in [-0.3, -0.25) is 0 Å². The van der Waals surface area contributed by atoms with E-state index in [-0.39, 0.29) is 5.60 Å². The predicted octanol–water partition coefficient (Wildman–Crippen LogP) is 4.29. The Kier molecular flexibility index (Phi) is 3.95. The van der Waals surface area contributed by atoms with E-state index in [1.807, 2.05) is 17.8 Å². The van der Waals surface area contributed by atoms with Crippen LogP contribution in [0.2, 0.25) is 0 Å². The lowest BCUT2D eigenvalue weighted by atomic mass is 9.98. The van der Waals surface area contributed by atoms with Crippen LogP contribution in [0.4, 0.5) is 0 Å². The van der Waals surface area contributed by atoms with Gasteiger partial charge in [-0.2, -0.15) is 0 Å². The molecule has 1 heterocycles. The summed E-state index contributed by atoms with van der Waals surface area (Å²) in [5, 5.41) is 0.512. The third kappa shape index (κ3) is 2.93. The Balaban J connectivity index is 2.11. The molecule has 1 aliphatic heterocycles. The van der Waals surface area contributed by atoms with E-state index >= 15 is 0 Å². The van der Waals surface area contributed by atoms with Gasteiger partial charge in [-0.15, -0.1) is 18.3 Å². The molecule has 0 unspecified atom stereocenters. The van der Waals surface area contributed by atoms with Crippen molar-refractivity contribution in [2.45, 2.75) is 48.5 Å². The second kappa shape index (κ2) is 5.28. The lowest BCUT2D eigenvalue weighted by Crippen LogP contribution is -2.33. The van der Waals surface area contributed by atoms with Crippen LogP contribution < -0.4 is 0 Å². The van der Waals surface area contributed by atoms with E-state index < -0.39 is 0 Å². The number of ether oxygens (including phenoxy) is 1. The molecular weight excluding hydrogens is 228 g/mol. The molecule has 1 aliphatic rings. The monoisotopic (exact) mass is 248 g/mol. The van der Waals surface area contributed by atoms with Crippen molar-refractivity contribution in [3.8, 4) is 0 Å². The number of hydrogen-bond acceptors (Lipinski definition) is 2. The molecule has 0 spiro atoms. The largest absolute Gasteiger partial charge is 0.371 e. The van der Waals surface area contributed by atoms with Crippen LogP contribution >= 0.6 is 11.8 Å². The topological polar surface area (TPSA) is 9.23 Å². The number of rotatable bonds is 4. The van der Waals surface area contributed by atoms with E-state index in [0.29, 0.717) is 11.4 Å². The molecule has 0 N–H and O–H groups in total. The molecule has 1 aromatic carbocycles. The Morgan fingerprint density at radius 1 is 1.47 bits per heavy atom. The normalized spacial score (nSPS) is 32.6. The van der Waals surface area contributed by atoms with Crippen LogP contribution in [0, 0.1) is 0 Å². The highest BCUT2D eigenvalue weighted by Gasteiger charge is 2.43. The number of thioether (sulfide) groups is 1. The van der Waals surface area contributed by atoms with Gasteiger partial charge in [-0.1, -0.05) is 24.3 Å². The second-order valence-electron chi connectivity index (χ2n) is 4.89. The van der Waals surface area contributed by atoms with Crippen LogP contribution in [0.15, 0.2) is 47.9 Å². The zero-order valence-corrected chi connectivity index (χ0v) is 11.4.